The van der Waals surface area contributed by atoms with E-state index in [1.807, 2.05) is 0 Å². The first-order valence-corrected chi connectivity index (χ1v) is 10.1. The highest BCUT2D eigenvalue weighted by atomic mass is 19.4. The normalized spacial score (nSPS) is 11.0. The van der Waals surface area contributed by atoms with Gasteiger partial charge in [0.05, 0.1) is 11.1 Å². The molecular weight excluding hydrogens is 447 g/mol. The van der Waals surface area contributed by atoms with Crippen LogP contribution >= 0.6 is 0 Å². The standard InChI is InChI=1S/C23H22F3N7O/c1-13-6-7-14(22(34)30-16-5-3-4-15(11-16)23(24,25)26)10-18(13)31-21-17(12-28)20(29-2)32-19(33-21)8-9-27/h3-7,9-12,27-28H,8H2,1-2H3,(H,30,34)(H2,29,31,32,33). The lowest BCUT2D eigenvalue weighted by Gasteiger charge is -2.16. The molecule has 3 rings (SSSR count). The molecule has 5 N–H and O–H groups in total. The van der Waals surface area contributed by atoms with Crippen LogP contribution in [0.15, 0.2) is 42.5 Å². The number of benzene rings is 2. The van der Waals surface area contributed by atoms with Crippen molar-refractivity contribution in [3.8, 4) is 0 Å². The minimum Gasteiger partial charge on any atom is -0.372 e. The smallest absolute Gasteiger partial charge is 0.372 e. The molecule has 0 bridgehead atoms. The molecular formula is C23H22F3N7O. The van der Waals surface area contributed by atoms with E-state index in [9.17, 15) is 18.0 Å². The summed E-state index contributed by atoms with van der Waals surface area (Å²) in [6.07, 6.45) is -2.08. The molecule has 0 atom stereocenters. The molecule has 0 spiro atoms. The van der Waals surface area contributed by atoms with Crippen LogP contribution in [0, 0.1) is 17.7 Å². The Hall–Kier alpha value is -4.28. The highest BCUT2D eigenvalue weighted by Gasteiger charge is 2.30. The summed E-state index contributed by atoms with van der Waals surface area (Å²) in [5.74, 6) is 0.492. The summed E-state index contributed by atoms with van der Waals surface area (Å²) in [4.78, 5) is 21.4. The number of aromatic nitrogens is 2. The maximum atomic E-state index is 13.0. The highest BCUT2D eigenvalue weighted by Crippen LogP contribution is 2.31. The second kappa shape index (κ2) is 10.1. The Bertz CT molecular complexity index is 1240. The average Bonchev–Trinajstić information content (AvgIpc) is 2.80. The summed E-state index contributed by atoms with van der Waals surface area (Å²) < 4.78 is 38.9. The van der Waals surface area contributed by atoms with Gasteiger partial charge in [0.15, 0.2) is 0 Å². The van der Waals surface area contributed by atoms with Crippen molar-refractivity contribution in [1.82, 2.24) is 9.97 Å². The fourth-order valence-corrected chi connectivity index (χ4v) is 3.12. The number of hydrogen-bond donors (Lipinski definition) is 5. The van der Waals surface area contributed by atoms with Crippen LogP contribution in [-0.4, -0.2) is 35.4 Å². The van der Waals surface area contributed by atoms with Gasteiger partial charge in [0, 0.05) is 42.8 Å². The van der Waals surface area contributed by atoms with E-state index in [-0.39, 0.29) is 17.7 Å². The Morgan fingerprint density at radius 3 is 2.47 bits per heavy atom. The molecule has 0 fully saturated rings. The van der Waals surface area contributed by atoms with Crippen LogP contribution in [0.2, 0.25) is 0 Å². The molecule has 0 saturated heterocycles. The predicted octanol–water partition coefficient (Wildman–Crippen LogP) is 5.03. The van der Waals surface area contributed by atoms with Gasteiger partial charge >= 0.3 is 6.18 Å². The number of hydrogen-bond acceptors (Lipinski definition) is 7. The van der Waals surface area contributed by atoms with Crippen LogP contribution < -0.4 is 16.0 Å². The van der Waals surface area contributed by atoms with Gasteiger partial charge in [0.25, 0.3) is 5.91 Å². The lowest BCUT2D eigenvalue weighted by molar-refractivity contribution is -0.137. The first-order chi connectivity index (χ1) is 16.2. The minimum absolute atomic E-state index is 0.0201. The van der Waals surface area contributed by atoms with E-state index in [4.69, 9.17) is 10.8 Å². The van der Waals surface area contributed by atoms with Gasteiger partial charge in [-0.1, -0.05) is 12.1 Å². The van der Waals surface area contributed by atoms with E-state index in [2.05, 4.69) is 25.9 Å². The summed E-state index contributed by atoms with van der Waals surface area (Å²) in [6, 6.07) is 9.18. The minimum atomic E-state index is -4.52. The van der Waals surface area contributed by atoms with Crippen molar-refractivity contribution in [2.24, 2.45) is 0 Å². The summed E-state index contributed by atoms with van der Waals surface area (Å²) in [6.45, 7) is 1.81. The number of anilines is 4. The summed E-state index contributed by atoms with van der Waals surface area (Å²) >= 11 is 0. The number of carbonyl (C=O) groups excluding carboxylic acids is 1. The number of nitrogens with zero attached hydrogens (tertiary/aromatic N) is 2. The zero-order valence-electron chi connectivity index (χ0n) is 18.3. The number of rotatable bonds is 8. The third kappa shape index (κ3) is 5.55. The number of aryl methyl sites for hydroxylation is 1. The predicted molar refractivity (Wildman–Crippen MR) is 126 cm³/mol. The third-order valence-electron chi connectivity index (χ3n) is 4.86. The van der Waals surface area contributed by atoms with Gasteiger partial charge in [-0.2, -0.15) is 13.2 Å². The Morgan fingerprint density at radius 2 is 1.82 bits per heavy atom. The van der Waals surface area contributed by atoms with E-state index in [1.165, 1.54) is 12.1 Å². The van der Waals surface area contributed by atoms with Crippen molar-refractivity contribution >= 4 is 41.3 Å². The first kappa shape index (κ1) is 24.4. The molecule has 1 heterocycles. The fraction of sp³-hybridized carbons (Fsp3) is 0.174. The van der Waals surface area contributed by atoms with E-state index in [0.717, 1.165) is 30.1 Å². The maximum absolute atomic E-state index is 13.0. The molecule has 0 aliphatic rings. The van der Waals surface area contributed by atoms with Crippen LogP contribution in [0.5, 0.6) is 0 Å². The Labute approximate surface area is 193 Å². The summed E-state index contributed by atoms with van der Waals surface area (Å²) in [5, 5.41) is 23.5. The van der Waals surface area contributed by atoms with Crippen molar-refractivity contribution in [2.45, 2.75) is 19.5 Å². The molecule has 0 aliphatic heterocycles. The Kier molecular flexibility index (Phi) is 7.24. The van der Waals surface area contributed by atoms with Crippen LogP contribution in [0.3, 0.4) is 0 Å². The maximum Gasteiger partial charge on any atom is 0.416 e. The Morgan fingerprint density at radius 1 is 1.09 bits per heavy atom. The summed E-state index contributed by atoms with van der Waals surface area (Å²) in [7, 11) is 1.65. The lowest BCUT2D eigenvalue weighted by atomic mass is 10.1. The molecule has 0 saturated carbocycles. The van der Waals surface area contributed by atoms with E-state index in [0.29, 0.717) is 28.7 Å². The van der Waals surface area contributed by atoms with Crippen LogP contribution in [0.1, 0.15) is 32.9 Å². The lowest BCUT2D eigenvalue weighted by Crippen LogP contribution is -2.14. The van der Waals surface area contributed by atoms with Gasteiger partial charge in [-0.05, 0) is 42.8 Å². The average molecular weight is 469 g/mol. The van der Waals surface area contributed by atoms with Gasteiger partial charge < -0.3 is 26.8 Å². The molecule has 2 aromatic carbocycles. The molecule has 3 aromatic rings. The number of alkyl halides is 3. The number of carbonyl (C=O) groups is 1. The molecule has 0 aliphatic carbocycles. The second-order valence-electron chi connectivity index (χ2n) is 7.24. The molecule has 176 valence electrons. The van der Waals surface area contributed by atoms with E-state index < -0.39 is 17.6 Å². The first-order valence-electron chi connectivity index (χ1n) is 10.1. The van der Waals surface area contributed by atoms with E-state index >= 15 is 0 Å². The zero-order valence-corrected chi connectivity index (χ0v) is 18.3. The topological polar surface area (TPSA) is 127 Å². The zero-order chi connectivity index (χ0) is 24.9. The summed E-state index contributed by atoms with van der Waals surface area (Å²) in [5.41, 5.74) is 1.04. The van der Waals surface area contributed by atoms with Gasteiger partial charge in [0.2, 0.25) is 0 Å². The van der Waals surface area contributed by atoms with E-state index in [1.54, 1.807) is 32.2 Å². The number of nitrogens with one attached hydrogen (secondary N) is 5. The Balaban J connectivity index is 1.92. The highest BCUT2D eigenvalue weighted by molar-refractivity contribution is 6.05. The fourth-order valence-electron chi connectivity index (χ4n) is 3.12. The SMILES string of the molecule is CNc1nc(CC=N)nc(Nc2cc(C(=O)Nc3cccc(C(F)(F)F)c3)ccc2C)c1C=N. The molecule has 1 amide bonds. The molecule has 1 aromatic heterocycles. The van der Waals surface area contributed by atoms with Crippen LogP contribution in [0.25, 0.3) is 0 Å². The molecule has 11 heteroatoms. The number of halogens is 3. The van der Waals surface area contributed by atoms with Crippen molar-refractivity contribution < 1.29 is 18.0 Å². The van der Waals surface area contributed by atoms with Crippen molar-refractivity contribution in [2.75, 3.05) is 23.0 Å². The molecule has 34 heavy (non-hydrogen) atoms. The van der Waals surface area contributed by atoms with Gasteiger partial charge in [-0.3, -0.25) is 4.79 Å². The monoisotopic (exact) mass is 469 g/mol. The van der Waals surface area contributed by atoms with Crippen molar-refractivity contribution in [1.29, 1.82) is 10.8 Å². The van der Waals surface area contributed by atoms with Gasteiger partial charge in [-0.25, -0.2) is 9.97 Å². The third-order valence-corrected chi connectivity index (χ3v) is 4.86. The molecule has 8 nitrogen and oxygen atoms in total. The van der Waals surface area contributed by atoms with Crippen LogP contribution in [0.4, 0.5) is 36.2 Å². The molecule has 0 radical (unpaired) electrons. The second-order valence-corrected chi connectivity index (χ2v) is 7.24. The van der Waals surface area contributed by atoms with Crippen molar-refractivity contribution in [3.05, 3.63) is 70.5 Å². The largest absolute Gasteiger partial charge is 0.416 e. The number of amides is 1. The van der Waals surface area contributed by atoms with Crippen LogP contribution in [-0.2, 0) is 12.6 Å². The van der Waals surface area contributed by atoms with Gasteiger partial charge in [0.1, 0.15) is 17.5 Å². The van der Waals surface area contributed by atoms with Gasteiger partial charge in [-0.15, -0.1) is 0 Å². The quantitative estimate of drug-likeness (QED) is 0.296. The molecule has 0 unspecified atom stereocenters. The van der Waals surface area contributed by atoms with Crippen molar-refractivity contribution in [3.63, 3.8) is 0 Å².